The molecule has 0 bridgehead atoms. The van der Waals surface area contributed by atoms with E-state index in [-0.39, 0.29) is 5.97 Å². The number of halogens is 1. The Morgan fingerprint density at radius 2 is 2.27 bits per heavy atom. The summed E-state index contributed by atoms with van der Waals surface area (Å²) in [6.45, 7) is 0. The fourth-order valence-corrected chi connectivity index (χ4v) is 2.01. The van der Waals surface area contributed by atoms with Gasteiger partial charge in [0.15, 0.2) is 5.69 Å². The van der Waals surface area contributed by atoms with Crippen LogP contribution in [0.5, 0.6) is 0 Å². The number of nitrogens with zero attached hydrogens (tertiary/aromatic N) is 1. The van der Waals surface area contributed by atoms with Gasteiger partial charge in [-0.1, -0.05) is 6.42 Å². The number of hydrogen-bond acceptors (Lipinski definition) is 3. The molecule has 0 atom stereocenters. The number of esters is 1. The van der Waals surface area contributed by atoms with E-state index in [1.165, 1.54) is 26.4 Å². The van der Waals surface area contributed by atoms with Crippen molar-refractivity contribution in [2.75, 3.05) is 7.11 Å². The summed E-state index contributed by atoms with van der Waals surface area (Å²) >= 11 is 3.30. The third kappa shape index (κ3) is 2.04. The summed E-state index contributed by atoms with van der Waals surface area (Å²) in [5.74, 6) is 0.143. The van der Waals surface area contributed by atoms with E-state index >= 15 is 0 Å². The molecule has 3 nitrogen and oxygen atoms in total. The molecule has 15 heavy (non-hydrogen) atoms. The first-order chi connectivity index (χ1) is 7.22. The van der Waals surface area contributed by atoms with Crippen LogP contribution in [0.15, 0.2) is 16.6 Å². The molecule has 1 aliphatic rings. The highest BCUT2D eigenvalue weighted by atomic mass is 79.9. The second-order valence-corrected chi connectivity index (χ2v) is 4.54. The van der Waals surface area contributed by atoms with Crippen molar-refractivity contribution in [3.05, 3.63) is 28.0 Å². The number of rotatable bonds is 2. The summed E-state index contributed by atoms with van der Waals surface area (Å²) in [6, 6.07) is 3.84. The van der Waals surface area contributed by atoms with Gasteiger partial charge in [-0.2, -0.15) is 0 Å². The smallest absolute Gasteiger partial charge is 0.357 e. The van der Waals surface area contributed by atoms with E-state index in [4.69, 9.17) is 0 Å². The predicted molar refractivity (Wildman–Crippen MR) is 59.9 cm³/mol. The molecular formula is C11H12BrNO2. The van der Waals surface area contributed by atoms with Crippen LogP contribution in [0.1, 0.15) is 41.4 Å². The largest absolute Gasteiger partial charge is 0.464 e. The van der Waals surface area contributed by atoms with Gasteiger partial charge in [-0.25, -0.2) is 9.78 Å². The summed E-state index contributed by atoms with van der Waals surface area (Å²) in [6.07, 6.45) is 3.61. The first-order valence-electron chi connectivity index (χ1n) is 4.97. The second kappa shape index (κ2) is 4.31. The normalized spacial score (nSPS) is 15.9. The van der Waals surface area contributed by atoms with Crippen molar-refractivity contribution < 1.29 is 9.53 Å². The molecule has 1 saturated carbocycles. The summed E-state index contributed by atoms with van der Waals surface area (Å²) in [5.41, 5.74) is 1.38. The Kier molecular flexibility index (Phi) is 3.05. The average Bonchev–Trinajstić information content (AvgIpc) is 2.17. The zero-order chi connectivity index (χ0) is 10.8. The van der Waals surface area contributed by atoms with Crippen molar-refractivity contribution in [1.29, 1.82) is 0 Å². The first-order valence-corrected chi connectivity index (χ1v) is 5.76. The SMILES string of the molecule is COC(=O)c1nc(C2CCC2)ccc1Br. The minimum Gasteiger partial charge on any atom is -0.464 e. The van der Waals surface area contributed by atoms with E-state index in [0.29, 0.717) is 16.1 Å². The molecule has 0 unspecified atom stereocenters. The van der Waals surface area contributed by atoms with E-state index < -0.39 is 0 Å². The minimum absolute atomic E-state index is 0.377. The number of pyridine rings is 1. The van der Waals surface area contributed by atoms with Crippen LogP contribution in [0, 0.1) is 0 Å². The monoisotopic (exact) mass is 269 g/mol. The van der Waals surface area contributed by atoms with Gasteiger partial charge in [0.2, 0.25) is 0 Å². The molecule has 4 heteroatoms. The molecular weight excluding hydrogens is 258 g/mol. The number of ether oxygens (including phenoxy) is 1. The molecule has 0 spiro atoms. The standard InChI is InChI=1S/C11H12BrNO2/c1-15-11(14)10-8(12)5-6-9(13-10)7-3-2-4-7/h5-7H,2-4H2,1H3. The molecule has 80 valence electrons. The topological polar surface area (TPSA) is 39.2 Å². The van der Waals surface area contributed by atoms with Gasteiger partial charge in [0, 0.05) is 11.6 Å². The van der Waals surface area contributed by atoms with Crippen LogP contribution in [-0.4, -0.2) is 18.1 Å². The van der Waals surface area contributed by atoms with Crippen molar-refractivity contribution in [1.82, 2.24) is 4.98 Å². The number of hydrogen-bond donors (Lipinski definition) is 0. The Labute approximate surface area is 97.0 Å². The highest BCUT2D eigenvalue weighted by Crippen LogP contribution is 2.35. The Morgan fingerprint density at radius 3 is 2.80 bits per heavy atom. The van der Waals surface area contributed by atoms with Crippen molar-refractivity contribution >= 4 is 21.9 Å². The highest BCUT2D eigenvalue weighted by molar-refractivity contribution is 9.10. The molecule has 2 rings (SSSR count). The molecule has 1 aliphatic carbocycles. The maximum absolute atomic E-state index is 11.4. The third-order valence-electron chi connectivity index (χ3n) is 2.77. The van der Waals surface area contributed by atoms with E-state index in [0.717, 1.165) is 5.69 Å². The zero-order valence-electron chi connectivity index (χ0n) is 8.50. The maximum atomic E-state index is 11.4. The van der Waals surface area contributed by atoms with Crippen LogP contribution in [0.25, 0.3) is 0 Å². The van der Waals surface area contributed by atoms with Gasteiger partial charge < -0.3 is 4.74 Å². The van der Waals surface area contributed by atoms with Gasteiger partial charge >= 0.3 is 5.97 Å². The Morgan fingerprint density at radius 1 is 1.53 bits per heavy atom. The molecule has 0 N–H and O–H groups in total. The van der Waals surface area contributed by atoms with E-state index in [1.807, 2.05) is 12.1 Å². The Bertz CT molecular complexity index is 388. The molecule has 1 fully saturated rings. The number of aromatic nitrogens is 1. The fourth-order valence-electron chi connectivity index (χ4n) is 1.63. The fraction of sp³-hybridized carbons (Fsp3) is 0.455. The number of methoxy groups -OCH3 is 1. The molecule has 1 aromatic rings. The Hall–Kier alpha value is -0.900. The van der Waals surface area contributed by atoms with Crippen molar-refractivity contribution in [2.24, 2.45) is 0 Å². The highest BCUT2D eigenvalue weighted by Gasteiger charge is 2.23. The van der Waals surface area contributed by atoms with Gasteiger partial charge in [0.05, 0.1) is 11.6 Å². The lowest BCUT2D eigenvalue weighted by Crippen LogP contribution is -2.14. The molecule has 0 aliphatic heterocycles. The van der Waals surface area contributed by atoms with Crippen LogP contribution >= 0.6 is 15.9 Å². The number of carbonyl (C=O) groups is 1. The van der Waals surface area contributed by atoms with Crippen LogP contribution in [-0.2, 0) is 4.74 Å². The summed E-state index contributed by atoms with van der Waals surface area (Å²) in [5, 5.41) is 0. The molecule has 0 amide bonds. The molecule has 0 aromatic carbocycles. The lowest BCUT2D eigenvalue weighted by Gasteiger charge is -2.24. The summed E-state index contributed by atoms with van der Waals surface area (Å²) in [7, 11) is 1.37. The molecule has 1 aromatic heterocycles. The molecule has 0 saturated heterocycles. The van der Waals surface area contributed by atoms with Gasteiger partial charge in [0.1, 0.15) is 0 Å². The molecule has 1 heterocycles. The van der Waals surface area contributed by atoms with Crippen LogP contribution in [0.2, 0.25) is 0 Å². The van der Waals surface area contributed by atoms with Crippen molar-refractivity contribution in [3.8, 4) is 0 Å². The lowest BCUT2D eigenvalue weighted by molar-refractivity contribution is 0.0592. The van der Waals surface area contributed by atoms with Gasteiger partial charge in [-0.15, -0.1) is 0 Å². The quantitative estimate of drug-likeness (QED) is 0.776. The summed E-state index contributed by atoms with van der Waals surface area (Å²) in [4.78, 5) is 15.7. The second-order valence-electron chi connectivity index (χ2n) is 3.69. The van der Waals surface area contributed by atoms with Gasteiger partial charge in [-0.05, 0) is 40.9 Å². The van der Waals surface area contributed by atoms with E-state index in [1.54, 1.807) is 0 Å². The average molecular weight is 270 g/mol. The number of carbonyl (C=O) groups excluding carboxylic acids is 1. The van der Waals surface area contributed by atoms with Crippen molar-refractivity contribution in [2.45, 2.75) is 25.2 Å². The van der Waals surface area contributed by atoms with Crippen molar-refractivity contribution in [3.63, 3.8) is 0 Å². The predicted octanol–water partition coefficient (Wildman–Crippen LogP) is 2.90. The molecule has 0 radical (unpaired) electrons. The zero-order valence-corrected chi connectivity index (χ0v) is 10.1. The van der Waals surface area contributed by atoms with Gasteiger partial charge in [0.25, 0.3) is 0 Å². The first kappa shape index (κ1) is 10.6. The third-order valence-corrected chi connectivity index (χ3v) is 3.41. The van der Waals surface area contributed by atoms with Gasteiger partial charge in [-0.3, -0.25) is 0 Å². The van der Waals surface area contributed by atoms with Crippen LogP contribution in [0.4, 0.5) is 0 Å². The Balaban J connectivity index is 2.31. The lowest BCUT2D eigenvalue weighted by atomic mass is 9.82. The van der Waals surface area contributed by atoms with E-state index in [9.17, 15) is 4.79 Å². The minimum atomic E-state index is -0.386. The summed E-state index contributed by atoms with van der Waals surface area (Å²) < 4.78 is 5.36. The maximum Gasteiger partial charge on any atom is 0.357 e. The van der Waals surface area contributed by atoms with E-state index in [2.05, 4.69) is 25.7 Å². The van der Waals surface area contributed by atoms with Crippen LogP contribution < -0.4 is 0 Å². The van der Waals surface area contributed by atoms with Crippen LogP contribution in [0.3, 0.4) is 0 Å².